The first-order chi connectivity index (χ1) is 18.0. The summed E-state index contributed by atoms with van der Waals surface area (Å²) in [5.41, 5.74) is 10.4. The van der Waals surface area contributed by atoms with E-state index in [0.717, 1.165) is 12.1 Å². The minimum absolute atomic E-state index is 1.00. The summed E-state index contributed by atoms with van der Waals surface area (Å²) in [4.78, 5) is 0. The SMILES string of the molecule is CCCCCCCCc1cc(C=C[N+](C)=Nc2cc(CCCC)cc(-c3ccccc3)c2)cc(C)c1C. The Kier molecular flexibility index (Phi) is 11.8. The summed E-state index contributed by atoms with van der Waals surface area (Å²) < 4.78 is 1.94. The Morgan fingerprint density at radius 3 is 2.22 bits per heavy atom. The summed E-state index contributed by atoms with van der Waals surface area (Å²) in [5.74, 6) is 0. The van der Waals surface area contributed by atoms with Crippen LogP contribution in [0.25, 0.3) is 17.2 Å². The minimum Gasteiger partial charge on any atom is -0.0934 e. The first kappa shape index (κ1) is 28.6. The molecule has 0 radical (unpaired) electrons. The molecule has 0 unspecified atom stereocenters. The Bertz CT molecular complexity index is 1170. The number of hydrogen-bond donors (Lipinski definition) is 0. The van der Waals surface area contributed by atoms with Crippen LogP contribution in [0.1, 0.15) is 93.0 Å². The second kappa shape index (κ2) is 15.3. The standard InChI is InChI=1S/C35H47N2/c1-6-8-10-11-12-14-20-33-24-31(23-28(3)29(33)4)21-22-37(5)36-35-26-30(17-9-7-2)25-34(27-35)32-18-15-13-16-19-32/h13,15-16,18-19,21-27H,6-12,14,17,20H2,1-5H3/q+1. The van der Waals surface area contributed by atoms with Crippen LogP contribution in [0.2, 0.25) is 0 Å². The molecule has 3 aromatic carbocycles. The van der Waals surface area contributed by atoms with Crippen molar-refractivity contribution in [2.24, 2.45) is 5.11 Å². The van der Waals surface area contributed by atoms with Gasteiger partial charge in [0.2, 0.25) is 0 Å². The van der Waals surface area contributed by atoms with Gasteiger partial charge in [-0.15, -0.1) is 0 Å². The van der Waals surface area contributed by atoms with Crippen molar-refractivity contribution >= 4 is 11.8 Å². The first-order valence-electron chi connectivity index (χ1n) is 14.4. The highest BCUT2D eigenvalue weighted by molar-refractivity contribution is 5.68. The number of hydrogen-bond acceptors (Lipinski definition) is 1. The maximum Gasteiger partial charge on any atom is 0.196 e. The largest absolute Gasteiger partial charge is 0.196 e. The molecular weight excluding hydrogens is 448 g/mol. The summed E-state index contributed by atoms with van der Waals surface area (Å²) in [6, 6.07) is 22.0. The third kappa shape index (κ3) is 9.43. The van der Waals surface area contributed by atoms with Gasteiger partial charge < -0.3 is 0 Å². The molecule has 3 aromatic rings. The predicted molar refractivity (Wildman–Crippen MR) is 161 cm³/mol. The van der Waals surface area contributed by atoms with Crippen molar-refractivity contribution in [2.75, 3.05) is 7.05 Å². The molecule has 0 bridgehead atoms. The highest BCUT2D eigenvalue weighted by Crippen LogP contribution is 2.27. The molecular formula is C35H47N2+. The van der Waals surface area contributed by atoms with E-state index < -0.39 is 0 Å². The number of benzene rings is 3. The molecule has 0 aliphatic carbocycles. The normalized spacial score (nSPS) is 12.0. The van der Waals surface area contributed by atoms with Gasteiger partial charge in [-0.25, -0.2) is 0 Å². The molecule has 3 rings (SSSR count). The fourth-order valence-electron chi connectivity index (χ4n) is 4.88. The van der Waals surface area contributed by atoms with Crippen LogP contribution in [-0.4, -0.2) is 11.7 Å². The molecule has 0 atom stereocenters. The van der Waals surface area contributed by atoms with E-state index in [-0.39, 0.29) is 0 Å². The average molecular weight is 496 g/mol. The van der Waals surface area contributed by atoms with E-state index in [1.165, 1.54) is 96.7 Å². The molecule has 0 aromatic heterocycles. The van der Waals surface area contributed by atoms with E-state index in [0.29, 0.717) is 0 Å². The van der Waals surface area contributed by atoms with Crippen LogP contribution < -0.4 is 0 Å². The van der Waals surface area contributed by atoms with Crippen molar-refractivity contribution in [1.29, 1.82) is 0 Å². The van der Waals surface area contributed by atoms with Crippen molar-refractivity contribution in [3.63, 3.8) is 0 Å². The molecule has 0 fully saturated rings. The van der Waals surface area contributed by atoms with Gasteiger partial charge in [-0.1, -0.05) is 106 Å². The van der Waals surface area contributed by atoms with Gasteiger partial charge in [0.05, 0.1) is 0 Å². The Hall–Kier alpha value is -3.00. The lowest BCUT2D eigenvalue weighted by atomic mass is 9.95. The zero-order valence-electron chi connectivity index (χ0n) is 23.9. The minimum atomic E-state index is 1.00. The molecule has 2 nitrogen and oxygen atoms in total. The third-order valence-corrected chi connectivity index (χ3v) is 7.26. The van der Waals surface area contributed by atoms with Crippen molar-refractivity contribution < 1.29 is 4.70 Å². The Labute approximate surface area is 226 Å². The summed E-state index contributed by atoms with van der Waals surface area (Å²) in [5, 5.41) is 4.92. The Balaban J connectivity index is 1.76. The average Bonchev–Trinajstić information content (AvgIpc) is 2.91. The molecule has 37 heavy (non-hydrogen) atoms. The summed E-state index contributed by atoms with van der Waals surface area (Å²) in [6.45, 7) is 9.03. The van der Waals surface area contributed by atoms with E-state index in [1.807, 2.05) is 11.7 Å². The second-order valence-corrected chi connectivity index (χ2v) is 10.5. The summed E-state index contributed by atoms with van der Waals surface area (Å²) in [7, 11) is 2.02. The van der Waals surface area contributed by atoms with Gasteiger partial charge in [-0.2, -0.15) is 0 Å². The second-order valence-electron chi connectivity index (χ2n) is 10.5. The molecule has 0 saturated heterocycles. The first-order valence-corrected chi connectivity index (χ1v) is 14.4. The lowest BCUT2D eigenvalue weighted by molar-refractivity contribution is -0.491. The van der Waals surface area contributed by atoms with E-state index in [1.54, 1.807) is 0 Å². The maximum atomic E-state index is 4.92. The number of unbranched alkanes of at least 4 members (excludes halogenated alkanes) is 6. The smallest absolute Gasteiger partial charge is 0.0934 e. The van der Waals surface area contributed by atoms with Crippen LogP contribution >= 0.6 is 0 Å². The number of rotatable bonds is 14. The van der Waals surface area contributed by atoms with Crippen molar-refractivity contribution in [1.82, 2.24) is 0 Å². The van der Waals surface area contributed by atoms with Crippen LogP contribution in [0.5, 0.6) is 0 Å². The molecule has 0 heterocycles. The van der Waals surface area contributed by atoms with Crippen molar-refractivity contribution in [3.8, 4) is 11.1 Å². The lowest BCUT2D eigenvalue weighted by Crippen LogP contribution is -1.96. The fourth-order valence-corrected chi connectivity index (χ4v) is 4.88. The highest BCUT2D eigenvalue weighted by Gasteiger charge is 2.07. The maximum absolute atomic E-state index is 4.92. The Morgan fingerprint density at radius 1 is 0.730 bits per heavy atom. The monoisotopic (exact) mass is 495 g/mol. The highest BCUT2D eigenvalue weighted by atomic mass is 15.2. The van der Waals surface area contributed by atoms with E-state index in [2.05, 4.69) is 101 Å². The van der Waals surface area contributed by atoms with Crippen LogP contribution in [-0.2, 0) is 12.8 Å². The van der Waals surface area contributed by atoms with E-state index >= 15 is 0 Å². The van der Waals surface area contributed by atoms with Crippen LogP contribution in [0.15, 0.2) is 72.0 Å². The van der Waals surface area contributed by atoms with Crippen LogP contribution in [0, 0.1) is 13.8 Å². The van der Waals surface area contributed by atoms with Gasteiger partial charge in [0.1, 0.15) is 5.69 Å². The number of aryl methyl sites for hydroxylation is 3. The number of azo groups is 2. The molecule has 2 heteroatoms. The van der Waals surface area contributed by atoms with E-state index in [4.69, 9.17) is 5.11 Å². The summed E-state index contributed by atoms with van der Waals surface area (Å²) in [6.07, 6.45) is 17.0. The molecule has 0 saturated carbocycles. The van der Waals surface area contributed by atoms with Crippen LogP contribution in [0.3, 0.4) is 0 Å². The zero-order valence-corrected chi connectivity index (χ0v) is 23.9. The molecule has 0 spiro atoms. The molecule has 0 amide bonds. The summed E-state index contributed by atoms with van der Waals surface area (Å²) >= 11 is 0. The van der Waals surface area contributed by atoms with Crippen LogP contribution in [0.4, 0.5) is 5.69 Å². The number of nitrogens with zero attached hydrogens (tertiary/aromatic N) is 2. The zero-order chi connectivity index (χ0) is 26.5. The van der Waals surface area contributed by atoms with Crippen molar-refractivity contribution in [2.45, 2.75) is 91.9 Å². The molecule has 0 N–H and O–H groups in total. The Morgan fingerprint density at radius 2 is 1.46 bits per heavy atom. The predicted octanol–water partition coefficient (Wildman–Crippen LogP) is 10.6. The fraction of sp³-hybridized carbons (Fsp3) is 0.429. The van der Waals surface area contributed by atoms with E-state index in [9.17, 15) is 0 Å². The third-order valence-electron chi connectivity index (χ3n) is 7.26. The molecule has 196 valence electrons. The van der Waals surface area contributed by atoms with Crippen molar-refractivity contribution in [3.05, 3.63) is 94.7 Å². The van der Waals surface area contributed by atoms with Gasteiger partial charge in [-0.05, 0) is 95.7 Å². The van der Waals surface area contributed by atoms with Gasteiger partial charge in [0, 0.05) is 6.08 Å². The van der Waals surface area contributed by atoms with Gasteiger partial charge in [-0.3, -0.25) is 0 Å². The van der Waals surface area contributed by atoms with Gasteiger partial charge in [0.15, 0.2) is 13.2 Å². The molecule has 0 aliphatic heterocycles. The molecule has 0 aliphatic rings. The van der Waals surface area contributed by atoms with Gasteiger partial charge in [0.25, 0.3) is 0 Å². The lowest BCUT2D eigenvalue weighted by Gasteiger charge is -2.10. The topological polar surface area (TPSA) is 15.4 Å². The van der Waals surface area contributed by atoms with Gasteiger partial charge >= 0.3 is 0 Å². The quantitative estimate of drug-likeness (QED) is 0.120.